The van der Waals surface area contributed by atoms with E-state index in [0.29, 0.717) is 0 Å². The molecule has 0 aliphatic heterocycles. The van der Waals surface area contributed by atoms with E-state index in [1.165, 1.54) is 20.4 Å². The highest BCUT2D eigenvalue weighted by Gasteiger charge is 2.00. The van der Waals surface area contributed by atoms with E-state index in [0.717, 1.165) is 6.26 Å². The Hall–Kier alpha value is -0.660. The van der Waals surface area contributed by atoms with Crippen molar-refractivity contribution in [2.24, 2.45) is 5.10 Å². The van der Waals surface area contributed by atoms with E-state index in [1.807, 2.05) is 4.83 Å². The first kappa shape index (κ1) is 11.3. The van der Waals surface area contributed by atoms with Crippen molar-refractivity contribution in [3.63, 3.8) is 0 Å². The molecule has 0 aromatic rings. The maximum Gasteiger partial charge on any atom is 0.244 e. The van der Waals surface area contributed by atoms with Crippen LogP contribution in [0.3, 0.4) is 0 Å². The molecule has 7 heteroatoms. The summed E-state index contributed by atoms with van der Waals surface area (Å²) in [6.45, 7) is 0. The van der Waals surface area contributed by atoms with Gasteiger partial charge in [-0.05, 0) is 0 Å². The molecule has 0 aromatic heterocycles. The number of hydrogen-bond acceptors (Lipinski definition) is 5. The van der Waals surface area contributed by atoms with Crippen molar-refractivity contribution in [3.05, 3.63) is 0 Å². The van der Waals surface area contributed by atoms with E-state index >= 15 is 0 Å². The lowest BCUT2D eigenvalue weighted by molar-refractivity contribution is -0.0486. The molecule has 0 bridgehead atoms. The summed E-state index contributed by atoms with van der Waals surface area (Å²) in [4.78, 5) is 1.90. The molecule has 0 saturated heterocycles. The number of sulfonamides is 1. The van der Waals surface area contributed by atoms with Crippen molar-refractivity contribution >= 4 is 16.2 Å². The summed E-state index contributed by atoms with van der Waals surface area (Å²) in [5, 5.41) is 3.37. The van der Waals surface area contributed by atoms with E-state index in [-0.39, 0.29) is 0 Å². The van der Waals surface area contributed by atoms with Gasteiger partial charge in [0.2, 0.25) is 10.0 Å². The van der Waals surface area contributed by atoms with Crippen LogP contribution in [0.1, 0.15) is 0 Å². The summed E-state index contributed by atoms with van der Waals surface area (Å²) in [6, 6.07) is 0. The van der Waals surface area contributed by atoms with Crippen molar-refractivity contribution in [3.8, 4) is 0 Å². The number of ether oxygens (including phenoxy) is 2. The average molecular weight is 196 g/mol. The fourth-order valence-electron chi connectivity index (χ4n) is 0.405. The van der Waals surface area contributed by atoms with Gasteiger partial charge >= 0.3 is 0 Å². The number of nitrogens with zero attached hydrogens (tertiary/aromatic N) is 1. The number of methoxy groups -OCH3 is 2. The quantitative estimate of drug-likeness (QED) is 0.352. The summed E-state index contributed by atoms with van der Waals surface area (Å²) in [6.07, 6.45) is 1.55. The highest BCUT2D eigenvalue weighted by atomic mass is 32.2. The van der Waals surface area contributed by atoms with Crippen LogP contribution in [0.25, 0.3) is 0 Å². The van der Waals surface area contributed by atoms with Crippen LogP contribution in [0.15, 0.2) is 5.10 Å². The third kappa shape index (κ3) is 6.08. The highest BCUT2D eigenvalue weighted by molar-refractivity contribution is 7.88. The fourth-order valence-corrected chi connectivity index (χ4v) is 0.657. The second-order valence-electron chi connectivity index (χ2n) is 1.98. The molecule has 0 aliphatic carbocycles. The van der Waals surface area contributed by atoms with Gasteiger partial charge in [-0.25, -0.2) is 13.2 Å². The van der Waals surface area contributed by atoms with Gasteiger partial charge in [0.25, 0.3) is 0 Å². The van der Waals surface area contributed by atoms with Gasteiger partial charge in [0.15, 0.2) is 6.29 Å². The van der Waals surface area contributed by atoms with Gasteiger partial charge in [-0.3, -0.25) is 0 Å². The molecular weight excluding hydrogens is 184 g/mol. The van der Waals surface area contributed by atoms with E-state index in [4.69, 9.17) is 9.47 Å². The molecule has 72 valence electrons. The molecule has 0 saturated carbocycles. The Balaban J connectivity index is 3.90. The van der Waals surface area contributed by atoms with Crippen LogP contribution in [0.2, 0.25) is 0 Å². The summed E-state index contributed by atoms with van der Waals surface area (Å²) in [7, 11) is -0.461. The molecule has 0 amide bonds. The lowest BCUT2D eigenvalue weighted by Crippen LogP contribution is -2.20. The lowest BCUT2D eigenvalue weighted by Gasteiger charge is -2.05. The first-order chi connectivity index (χ1) is 5.49. The van der Waals surface area contributed by atoms with Crippen molar-refractivity contribution in [2.45, 2.75) is 6.29 Å². The van der Waals surface area contributed by atoms with Gasteiger partial charge in [0, 0.05) is 14.2 Å². The number of hydrogen-bond donors (Lipinski definition) is 1. The lowest BCUT2D eigenvalue weighted by atomic mass is 10.7. The van der Waals surface area contributed by atoms with Crippen molar-refractivity contribution < 1.29 is 17.9 Å². The van der Waals surface area contributed by atoms with Gasteiger partial charge in [-0.1, -0.05) is 0 Å². The van der Waals surface area contributed by atoms with Crippen LogP contribution in [-0.2, 0) is 19.5 Å². The molecule has 1 N–H and O–H groups in total. The Morgan fingerprint density at radius 1 is 1.42 bits per heavy atom. The molecular formula is C5H12N2O4S. The molecule has 0 heterocycles. The molecule has 0 radical (unpaired) electrons. The van der Waals surface area contributed by atoms with Crippen LogP contribution in [0.4, 0.5) is 0 Å². The molecule has 0 aliphatic rings. The Labute approximate surface area is 71.6 Å². The summed E-state index contributed by atoms with van der Waals surface area (Å²) in [5.74, 6) is 0. The van der Waals surface area contributed by atoms with E-state index < -0.39 is 16.3 Å². The van der Waals surface area contributed by atoms with Crippen molar-refractivity contribution in [2.75, 3.05) is 20.5 Å². The topological polar surface area (TPSA) is 77.0 Å². The molecule has 0 spiro atoms. The normalized spacial score (nSPS) is 12.7. The number of rotatable bonds is 5. The van der Waals surface area contributed by atoms with Crippen molar-refractivity contribution in [1.29, 1.82) is 0 Å². The Kier molecular flexibility index (Phi) is 4.79. The SMILES string of the molecule is COC(/C=N\NS(C)(=O)=O)OC. The predicted octanol–water partition coefficient (Wildman–Crippen LogP) is -0.860. The Bertz CT molecular complexity index is 232. The molecule has 0 fully saturated rings. The molecule has 0 unspecified atom stereocenters. The highest BCUT2D eigenvalue weighted by Crippen LogP contribution is 1.84. The van der Waals surface area contributed by atoms with E-state index in [1.54, 1.807) is 0 Å². The fraction of sp³-hybridized carbons (Fsp3) is 0.800. The van der Waals surface area contributed by atoms with Crippen LogP contribution in [0, 0.1) is 0 Å². The summed E-state index contributed by atoms with van der Waals surface area (Å²) < 4.78 is 30.4. The molecule has 6 nitrogen and oxygen atoms in total. The molecule has 0 rings (SSSR count). The first-order valence-corrected chi connectivity index (χ1v) is 4.94. The van der Waals surface area contributed by atoms with Gasteiger partial charge < -0.3 is 9.47 Å². The van der Waals surface area contributed by atoms with Crippen LogP contribution >= 0.6 is 0 Å². The zero-order valence-corrected chi connectivity index (χ0v) is 7.96. The van der Waals surface area contributed by atoms with E-state index in [2.05, 4.69) is 5.10 Å². The minimum absolute atomic E-state index is 0.640. The standard InChI is InChI=1S/C5H12N2O4S/c1-10-5(11-2)4-6-7-12(3,8)9/h4-5,7H,1-3H3/b6-4-. The number of nitrogens with one attached hydrogen (secondary N) is 1. The predicted molar refractivity (Wildman–Crippen MR) is 44.3 cm³/mol. The second-order valence-corrected chi connectivity index (χ2v) is 3.71. The molecule has 0 aromatic carbocycles. The summed E-state index contributed by atoms with van der Waals surface area (Å²) in [5.41, 5.74) is 0. The Morgan fingerprint density at radius 3 is 2.25 bits per heavy atom. The molecule has 0 atom stereocenters. The maximum atomic E-state index is 10.5. The smallest absolute Gasteiger partial charge is 0.244 e. The molecule has 12 heavy (non-hydrogen) atoms. The van der Waals surface area contributed by atoms with Crippen LogP contribution in [-0.4, -0.2) is 41.4 Å². The second kappa shape index (κ2) is 5.07. The van der Waals surface area contributed by atoms with Crippen LogP contribution < -0.4 is 4.83 Å². The van der Waals surface area contributed by atoms with Crippen molar-refractivity contribution in [1.82, 2.24) is 4.83 Å². The summed E-state index contributed by atoms with van der Waals surface area (Å²) >= 11 is 0. The monoisotopic (exact) mass is 196 g/mol. The van der Waals surface area contributed by atoms with Gasteiger partial charge in [0.05, 0.1) is 12.5 Å². The Morgan fingerprint density at radius 2 is 1.92 bits per heavy atom. The van der Waals surface area contributed by atoms with Crippen LogP contribution in [0.5, 0.6) is 0 Å². The zero-order valence-electron chi connectivity index (χ0n) is 7.14. The maximum absolute atomic E-state index is 10.5. The minimum Gasteiger partial charge on any atom is -0.351 e. The number of hydrazone groups is 1. The average Bonchev–Trinajstić information content (AvgIpc) is 1.96. The largest absolute Gasteiger partial charge is 0.351 e. The minimum atomic E-state index is -3.30. The van der Waals surface area contributed by atoms with Gasteiger partial charge in [0.1, 0.15) is 0 Å². The third-order valence-electron chi connectivity index (χ3n) is 0.879. The van der Waals surface area contributed by atoms with Gasteiger partial charge in [-0.15, -0.1) is 0 Å². The van der Waals surface area contributed by atoms with Gasteiger partial charge in [-0.2, -0.15) is 5.10 Å². The first-order valence-electron chi connectivity index (χ1n) is 3.05. The van der Waals surface area contributed by atoms with E-state index in [9.17, 15) is 8.42 Å². The zero-order chi connectivity index (χ0) is 9.61. The third-order valence-corrected chi connectivity index (χ3v) is 1.32.